The lowest BCUT2D eigenvalue weighted by molar-refractivity contribution is -0.110. The number of hydrogen-bond acceptors (Lipinski definition) is 4. The molecule has 2 N–H and O–H groups in total. The van der Waals surface area contributed by atoms with E-state index in [4.69, 9.17) is 5.73 Å². The fraction of sp³-hybridized carbons (Fsp3) is 0.111. The molecule has 0 unspecified atom stereocenters. The summed E-state index contributed by atoms with van der Waals surface area (Å²) in [5, 5.41) is 0.614. The first-order chi connectivity index (χ1) is 6.65. The molecule has 2 rings (SSSR count). The summed E-state index contributed by atoms with van der Waals surface area (Å²) in [5.41, 5.74) is 7.23. The third-order valence-corrected chi connectivity index (χ3v) is 2.94. The van der Waals surface area contributed by atoms with E-state index in [9.17, 15) is 4.79 Å². The number of benzene rings is 1. The number of nitrogen functional groups attached to an aromatic ring is 1. The van der Waals surface area contributed by atoms with Gasteiger partial charge in [-0.3, -0.25) is 4.79 Å². The molecule has 14 heavy (non-hydrogen) atoms. The van der Waals surface area contributed by atoms with Gasteiger partial charge in [0, 0.05) is 5.69 Å². The Morgan fingerprint density at radius 1 is 1.57 bits per heavy atom. The summed E-state index contributed by atoms with van der Waals surface area (Å²) >= 11 is 5.19. The number of thiol groups is 1. The van der Waals surface area contributed by atoms with Crippen molar-refractivity contribution >= 4 is 45.0 Å². The highest BCUT2D eigenvalue weighted by molar-refractivity contribution is 7.96. The Bertz CT molecular complexity index is 493. The van der Waals surface area contributed by atoms with Crippen molar-refractivity contribution < 1.29 is 4.79 Å². The summed E-state index contributed by atoms with van der Waals surface area (Å²) in [6, 6.07) is 5.52. The topological polar surface area (TPSA) is 56.0 Å². The van der Waals surface area contributed by atoms with Crippen molar-refractivity contribution in [3.05, 3.63) is 23.2 Å². The quantitative estimate of drug-likeness (QED) is 0.605. The van der Waals surface area contributed by atoms with E-state index in [2.05, 4.69) is 17.6 Å². The number of rotatable bonds is 2. The van der Waals surface area contributed by atoms with Crippen molar-refractivity contribution in [1.82, 2.24) is 4.98 Å². The van der Waals surface area contributed by atoms with Crippen LogP contribution in [0.3, 0.4) is 0 Å². The first-order valence-corrected chi connectivity index (χ1v) is 5.28. The number of nitrogens with two attached hydrogens (primary N) is 1. The van der Waals surface area contributed by atoms with Gasteiger partial charge in [-0.15, -0.1) is 24.0 Å². The zero-order valence-electron chi connectivity index (χ0n) is 7.23. The van der Waals surface area contributed by atoms with Crippen molar-refractivity contribution in [3.8, 4) is 0 Å². The van der Waals surface area contributed by atoms with Crippen molar-refractivity contribution in [3.63, 3.8) is 0 Å². The molecule has 0 atom stereocenters. The van der Waals surface area contributed by atoms with Gasteiger partial charge in [0.05, 0.1) is 16.6 Å². The minimum atomic E-state index is -0.169. The fourth-order valence-corrected chi connectivity index (χ4v) is 2.47. The van der Waals surface area contributed by atoms with Crippen molar-refractivity contribution in [2.45, 2.75) is 6.42 Å². The smallest absolute Gasteiger partial charge is 0.192 e. The van der Waals surface area contributed by atoms with Crippen LogP contribution in [0.15, 0.2) is 18.2 Å². The van der Waals surface area contributed by atoms with E-state index in [1.165, 1.54) is 11.3 Å². The van der Waals surface area contributed by atoms with E-state index in [0.29, 0.717) is 5.69 Å². The molecule has 0 saturated carbocycles. The van der Waals surface area contributed by atoms with Crippen molar-refractivity contribution in [2.24, 2.45) is 0 Å². The number of thiazole rings is 1. The van der Waals surface area contributed by atoms with Gasteiger partial charge >= 0.3 is 0 Å². The Balaban J connectivity index is 2.46. The van der Waals surface area contributed by atoms with E-state index in [1.807, 2.05) is 12.1 Å². The molecule has 72 valence electrons. The number of anilines is 1. The molecule has 0 aliphatic heterocycles. The second-order valence-electron chi connectivity index (χ2n) is 2.91. The Kier molecular flexibility index (Phi) is 2.43. The highest BCUT2D eigenvalue weighted by Crippen LogP contribution is 2.24. The molecule has 1 aromatic carbocycles. The fourth-order valence-electron chi connectivity index (χ4n) is 1.19. The molecule has 0 radical (unpaired) electrons. The maximum atomic E-state index is 10.8. The van der Waals surface area contributed by atoms with Crippen LogP contribution in [0, 0.1) is 0 Å². The van der Waals surface area contributed by atoms with Gasteiger partial charge in [-0.25, -0.2) is 4.98 Å². The SMILES string of the molecule is Nc1ccc2nc(CC(=O)S)sc2c1. The number of hydrogen-bond donors (Lipinski definition) is 2. The standard InChI is InChI=1S/C9H8N2OS2/c10-5-1-2-6-7(3-5)14-8(11-6)4-9(12)13/h1-3H,4,10H2,(H,12,13). The molecule has 1 aromatic heterocycles. The van der Waals surface area contributed by atoms with Crippen LogP contribution in [0.25, 0.3) is 10.2 Å². The van der Waals surface area contributed by atoms with Crippen LogP contribution >= 0.6 is 24.0 Å². The van der Waals surface area contributed by atoms with Crippen LogP contribution in [0.5, 0.6) is 0 Å². The molecular weight excluding hydrogens is 216 g/mol. The van der Waals surface area contributed by atoms with Crippen LogP contribution < -0.4 is 5.73 Å². The largest absolute Gasteiger partial charge is 0.399 e. The number of carbonyl (C=O) groups is 1. The molecule has 0 amide bonds. The summed E-state index contributed by atoms with van der Waals surface area (Å²) in [7, 11) is 0. The number of carbonyl (C=O) groups excluding carboxylic acids is 1. The average molecular weight is 224 g/mol. The van der Waals surface area contributed by atoms with Crippen LogP contribution in [0.4, 0.5) is 5.69 Å². The molecule has 0 fully saturated rings. The molecular formula is C9H8N2OS2. The minimum Gasteiger partial charge on any atom is -0.399 e. The maximum Gasteiger partial charge on any atom is 0.192 e. The van der Waals surface area contributed by atoms with E-state index in [-0.39, 0.29) is 11.5 Å². The molecule has 3 nitrogen and oxygen atoms in total. The third-order valence-electron chi connectivity index (χ3n) is 1.76. The van der Waals surface area contributed by atoms with Gasteiger partial charge in [-0.05, 0) is 18.2 Å². The van der Waals surface area contributed by atoms with Gasteiger partial charge in [0.15, 0.2) is 5.12 Å². The van der Waals surface area contributed by atoms with Crippen LogP contribution in [0.1, 0.15) is 5.01 Å². The van der Waals surface area contributed by atoms with Gasteiger partial charge in [0.1, 0.15) is 5.01 Å². The van der Waals surface area contributed by atoms with Gasteiger partial charge in [0.25, 0.3) is 0 Å². The van der Waals surface area contributed by atoms with Crippen LogP contribution in [-0.4, -0.2) is 10.1 Å². The lowest BCUT2D eigenvalue weighted by Crippen LogP contribution is -1.91. The summed E-state index contributed by atoms with van der Waals surface area (Å²) < 4.78 is 1.01. The number of aromatic nitrogens is 1. The summed E-state index contributed by atoms with van der Waals surface area (Å²) in [5.74, 6) is 0. The van der Waals surface area contributed by atoms with Gasteiger partial charge < -0.3 is 5.73 Å². The van der Waals surface area contributed by atoms with Crippen LogP contribution in [-0.2, 0) is 11.2 Å². The zero-order valence-corrected chi connectivity index (χ0v) is 8.94. The molecule has 0 aliphatic carbocycles. The zero-order chi connectivity index (χ0) is 10.1. The normalized spacial score (nSPS) is 10.6. The van der Waals surface area contributed by atoms with Crippen LogP contribution in [0.2, 0.25) is 0 Å². The monoisotopic (exact) mass is 224 g/mol. The Hall–Kier alpha value is -1.07. The van der Waals surface area contributed by atoms with Crippen molar-refractivity contribution in [1.29, 1.82) is 0 Å². The Labute approximate surface area is 90.4 Å². The third kappa shape index (κ3) is 1.88. The van der Waals surface area contributed by atoms with E-state index in [1.54, 1.807) is 6.07 Å². The number of fused-ring (bicyclic) bond motifs is 1. The van der Waals surface area contributed by atoms with E-state index < -0.39 is 0 Å². The Morgan fingerprint density at radius 2 is 2.36 bits per heavy atom. The molecule has 0 saturated heterocycles. The average Bonchev–Trinajstić information content (AvgIpc) is 2.44. The molecule has 5 heteroatoms. The molecule has 2 aromatic rings. The summed E-state index contributed by atoms with van der Waals surface area (Å²) in [4.78, 5) is 15.1. The molecule has 1 heterocycles. The number of nitrogens with zero attached hydrogens (tertiary/aromatic N) is 1. The molecule has 0 spiro atoms. The highest BCUT2D eigenvalue weighted by Gasteiger charge is 2.06. The Morgan fingerprint density at radius 3 is 3.07 bits per heavy atom. The predicted octanol–water partition coefficient (Wildman–Crippen LogP) is 1.88. The van der Waals surface area contributed by atoms with Gasteiger partial charge in [-0.2, -0.15) is 0 Å². The minimum absolute atomic E-state index is 0.169. The lowest BCUT2D eigenvalue weighted by Gasteiger charge is -1.89. The maximum absolute atomic E-state index is 10.8. The van der Waals surface area contributed by atoms with E-state index in [0.717, 1.165) is 15.2 Å². The van der Waals surface area contributed by atoms with E-state index >= 15 is 0 Å². The molecule has 0 aliphatic rings. The second-order valence-corrected chi connectivity index (χ2v) is 4.52. The highest BCUT2D eigenvalue weighted by atomic mass is 32.1. The second kappa shape index (κ2) is 3.59. The molecule has 0 bridgehead atoms. The first-order valence-electron chi connectivity index (χ1n) is 4.02. The summed E-state index contributed by atoms with van der Waals surface area (Å²) in [6.45, 7) is 0. The van der Waals surface area contributed by atoms with Gasteiger partial charge in [0.2, 0.25) is 0 Å². The first kappa shape index (κ1) is 9.48. The van der Waals surface area contributed by atoms with Crippen molar-refractivity contribution in [2.75, 3.05) is 5.73 Å². The van der Waals surface area contributed by atoms with Gasteiger partial charge in [-0.1, -0.05) is 0 Å². The lowest BCUT2D eigenvalue weighted by atomic mass is 10.3. The predicted molar refractivity (Wildman–Crippen MR) is 61.7 cm³/mol. The summed E-state index contributed by atoms with van der Waals surface area (Å²) in [6.07, 6.45) is 0.280.